The molecule has 3 amide bonds. The molecule has 0 radical (unpaired) electrons. The largest absolute Gasteiger partial charge is 0.462 e. The Morgan fingerprint density at radius 3 is 2.39 bits per heavy atom. The molecule has 2 aromatic rings. The van der Waals surface area contributed by atoms with Gasteiger partial charge in [0.25, 0.3) is 0 Å². The zero-order chi connectivity index (χ0) is 26.7. The number of aromatic nitrogens is 1. The molecular weight excluding hydrogens is 488 g/mol. The first-order valence-corrected chi connectivity index (χ1v) is 12.2. The Balaban J connectivity index is 2.00. The van der Waals surface area contributed by atoms with E-state index >= 15 is 0 Å². The minimum absolute atomic E-state index is 0.0418. The fourth-order valence-corrected chi connectivity index (χ4v) is 3.73. The van der Waals surface area contributed by atoms with Crippen molar-refractivity contribution in [2.75, 3.05) is 18.5 Å². The van der Waals surface area contributed by atoms with Crippen LogP contribution in [-0.4, -0.2) is 53.8 Å². The lowest BCUT2D eigenvalue weighted by Gasteiger charge is -2.22. The smallest absolute Gasteiger partial charge is 0.407 e. The van der Waals surface area contributed by atoms with Gasteiger partial charge >= 0.3 is 18.2 Å². The highest BCUT2D eigenvalue weighted by Crippen LogP contribution is 2.23. The summed E-state index contributed by atoms with van der Waals surface area (Å²) in [6.45, 7) is 8.66. The molecule has 36 heavy (non-hydrogen) atoms. The molecule has 1 unspecified atom stereocenters. The van der Waals surface area contributed by atoms with E-state index < -0.39 is 35.7 Å². The van der Waals surface area contributed by atoms with Crippen molar-refractivity contribution in [2.45, 2.75) is 59.3 Å². The molecule has 0 fully saturated rings. The van der Waals surface area contributed by atoms with Crippen LogP contribution in [0.1, 0.15) is 55.0 Å². The number of carbonyl (C=O) groups is 4. The number of nitrogens with one attached hydrogen (secondary N) is 3. The second-order valence-electron chi connectivity index (χ2n) is 8.69. The second kappa shape index (κ2) is 13.4. The van der Waals surface area contributed by atoms with E-state index in [9.17, 15) is 19.2 Å². The van der Waals surface area contributed by atoms with E-state index in [4.69, 9.17) is 14.2 Å². The maximum atomic E-state index is 12.7. The van der Waals surface area contributed by atoms with Crippen LogP contribution < -0.4 is 16.0 Å². The highest BCUT2D eigenvalue weighted by atomic mass is 32.1. The van der Waals surface area contributed by atoms with Crippen LogP contribution in [0.15, 0.2) is 30.3 Å². The molecule has 1 atom stereocenters. The molecule has 1 aromatic carbocycles. The minimum atomic E-state index is -0.814. The predicted octanol–water partition coefficient (Wildman–Crippen LogP) is 3.78. The average molecular weight is 521 g/mol. The lowest BCUT2D eigenvalue weighted by Crippen LogP contribution is -2.46. The standard InChI is InChI=1S/C24H32N4O7S/c1-6-33-20(30)19-15(2)26-21(36-19)28-18(29)12-17(13-25-22(31)35-24(3,4)5)27-23(32)34-14-16-10-8-7-9-11-16/h7-11,17H,6,12-14H2,1-5H3,(H,25,31)(H,27,32)(H,26,28,29). The molecule has 0 aliphatic heterocycles. The lowest BCUT2D eigenvalue weighted by atomic mass is 10.2. The third-order valence-corrected chi connectivity index (χ3v) is 5.41. The molecule has 0 aliphatic carbocycles. The van der Waals surface area contributed by atoms with Gasteiger partial charge in [-0.05, 0) is 40.2 Å². The number of carbonyl (C=O) groups excluding carboxylic acids is 4. The molecule has 3 N–H and O–H groups in total. The number of hydrogen-bond donors (Lipinski definition) is 3. The molecule has 0 bridgehead atoms. The third kappa shape index (κ3) is 10.3. The zero-order valence-corrected chi connectivity index (χ0v) is 21.8. The van der Waals surface area contributed by atoms with Crippen LogP contribution in [0.4, 0.5) is 14.7 Å². The van der Waals surface area contributed by atoms with Gasteiger partial charge in [-0.2, -0.15) is 0 Å². The predicted molar refractivity (Wildman–Crippen MR) is 134 cm³/mol. The minimum Gasteiger partial charge on any atom is -0.462 e. The van der Waals surface area contributed by atoms with Crippen molar-refractivity contribution in [3.8, 4) is 0 Å². The Morgan fingerprint density at radius 2 is 1.75 bits per heavy atom. The van der Waals surface area contributed by atoms with Crippen LogP contribution in [0, 0.1) is 6.92 Å². The Morgan fingerprint density at radius 1 is 1.06 bits per heavy atom. The number of thiazole rings is 1. The lowest BCUT2D eigenvalue weighted by molar-refractivity contribution is -0.116. The van der Waals surface area contributed by atoms with E-state index in [0.29, 0.717) is 5.69 Å². The number of anilines is 1. The van der Waals surface area contributed by atoms with Gasteiger partial charge in [-0.15, -0.1) is 0 Å². The van der Waals surface area contributed by atoms with E-state index in [2.05, 4.69) is 20.9 Å². The summed E-state index contributed by atoms with van der Waals surface area (Å²) in [6, 6.07) is 8.29. The van der Waals surface area contributed by atoms with Crippen molar-refractivity contribution < 1.29 is 33.4 Å². The summed E-state index contributed by atoms with van der Waals surface area (Å²) < 4.78 is 15.4. The third-order valence-electron chi connectivity index (χ3n) is 4.36. The van der Waals surface area contributed by atoms with Gasteiger partial charge < -0.3 is 30.2 Å². The van der Waals surface area contributed by atoms with E-state index in [1.165, 1.54) is 0 Å². The molecule has 196 valence electrons. The SMILES string of the molecule is CCOC(=O)c1sc(NC(=O)CC(CNC(=O)OC(C)(C)C)NC(=O)OCc2ccccc2)nc1C. The fourth-order valence-electron chi connectivity index (χ4n) is 2.86. The number of ether oxygens (including phenoxy) is 3. The van der Waals surface area contributed by atoms with E-state index in [-0.39, 0.29) is 36.2 Å². The van der Waals surface area contributed by atoms with Crippen molar-refractivity contribution >= 4 is 40.5 Å². The summed E-state index contributed by atoms with van der Waals surface area (Å²) in [7, 11) is 0. The van der Waals surface area contributed by atoms with Gasteiger partial charge in [-0.1, -0.05) is 41.7 Å². The quantitative estimate of drug-likeness (QED) is 0.317. The average Bonchev–Trinajstić information content (AvgIpc) is 3.15. The zero-order valence-electron chi connectivity index (χ0n) is 21.0. The molecular formula is C24H32N4O7S. The first-order valence-electron chi connectivity index (χ1n) is 11.3. The Labute approximate surface area is 213 Å². The number of amides is 3. The molecule has 0 saturated carbocycles. The summed E-state index contributed by atoms with van der Waals surface area (Å²) in [5, 5.41) is 7.96. The number of alkyl carbamates (subject to hydrolysis) is 2. The van der Waals surface area contributed by atoms with Gasteiger partial charge in [0.2, 0.25) is 5.91 Å². The van der Waals surface area contributed by atoms with Crippen LogP contribution in [0.3, 0.4) is 0 Å². The van der Waals surface area contributed by atoms with Gasteiger partial charge in [0.15, 0.2) is 5.13 Å². The summed E-state index contributed by atoms with van der Waals surface area (Å²) in [4.78, 5) is 53.6. The summed E-state index contributed by atoms with van der Waals surface area (Å²) in [5.41, 5.74) is 0.517. The Bertz CT molecular complexity index is 1050. The van der Waals surface area contributed by atoms with E-state index in [1.54, 1.807) is 34.6 Å². The maximum Gasteiger partial charge on any atom is 0.407 e. The summed E-state index contributed by atoms with van der Waals surface area (Å²) >= 11 is 0.988. The van der Waals surface area contributed by atoms with Crippen LogP contribution in [0.2, 0.25) is 0 Å². The molecule has 0 aliphatic rings. The number of benzene rings is 1. The number of nitrogens with zero attached hydrogens (tertiary/aromatic N) is 1. The highest BCUT2D eigenvalue weighted by Gasteiger charge is 2.23. The molecule has 0 spiro atoms. The number of esters is 1. The molecule has 2 rings (SSSR count). The van der Waals surface area contributed by atoms with Crippen LogP contribution in [-0.2, 0) is 25.6 Å². The van der Waals surface area contributed by atoms with Crippen LogP contribution in [0.5, 0.6) is 0 Å². The number of rotatable bonds is 10. The molecule has 0 saturated heterocycles. The molecule has 11 nitrogen and oxygen atoms in total. The van der Waals surface area contributed by atoms with Gasteiger partial charge in [0, 0.05) is 13.0 Å². The highest BCUT2D eigenvalue weighted by molar-refractivity contribution is 7.17. The summed E-state index contributed by atoms with van der Waals surface area (Å²) in [5.74, 6) is -1.01. The number of aryl methyl sites for hydroxylation is 1. The van der Waals surface area contributed by atoms with E-state index in [1.807, 2.05) is 30.3 Å². The first-order chi connectivity index (χ1) is 17.0. The van der Waals surface area contributed by atoms with Crippen molar-refractivity contribution in [3.05, 3.63) is 46.5 Å². The Kier molecular flexibility index (Phi) is 10.7. The number of hydrogen-bond acceptors (Lipinski definition) is 9. The summed E-state index contributed by atoms with van der Waals surface area (Å²) in [6.07, 6.45) is -1.65. The van der Waals surface area contributed by atoms with Gasteiger partial charge in [-0.25, -0.2) is 19.4 Å². The van der Waals surface area contributed by atoms with Crippen molar-refractivity contribution in [2.24, 2.45) is 0 Å². The van der Waals surface area contributed by atoms with Gasteiger partial charge in [0.05, 0.1) is 18.3 Å². The Hall–Kier alpha value is -3.67. The monoisotopic (exact) mass is 520 g/mol. The van der Waals surface area contributed by atoms with Crippen LogP contribution in [0.25, 0.3) is 0 Å². The van der Waals surface area contributed by atoms with Crippen molar-refractivity contribution in [3.63, 3.8) is 0 Å². The van der Waals surface area contributed by atoms with Gasteiger partial charge in [0.1, 0.15) is 17.1 Å². The van der Waals surface area contributed by atoms with Gasteiger partial charge in [-0.3, -0.25) is 4.79 Å². The maximum absolute atomic E-state index is 12.7. The van der Waals surface area contributed by atoms with Crippen molar-refractivity contribution in [1.82, 2.24) is 15.6 Å². The van der Waals surface area contributed by atoms with Crippen LogP contribution >= 0.6 is 11.3 Å². The fraction of sp³-hybridized carbons (Fsp3) is 0.458. The topological polar surface area (TPSA) is 145 Å². The van der Waals surface area contributed by atoms with E-state index in [0.717, 1.165) is 16.9 Å². The normalized spacial score (nSPS) is 11.7. The molecule has 12 heteroatoms. The second-order valence-corrected chi connectivity index (χ2v) is 9.69. The molecule has 1 heterocycles. The molecule has 1 aromatic heterocycles. The first kappa shape index (κ1) is 28.6. The van der Waals surface area contributed by atoms with Crippen molar-refractivity contribution in [1.29, 1.82) is 0 Å².